The summed E-state index contributed by atoms with van der Waals surface area (Å²) in [5.41, 5.74) is 3.37. The molecule has 164 valence electrons. The Hall–Kier alpha value is -2.46. The van der Waals surface area contributed by atoms with Crippen molar-refractivity contribution < 1.29 is 9.90 Å². The van der Waals surface area contributed by atoms with E-state index in [-0.39, 0.29) is 5.92 Å². The van der Waals surface area contributed by atoms with Crippen LogP contribution in [0.3, 0.4) is 0 Å². The number of fused-ring (bicyclic) bond motifs is 1. The van der Waals surface area contributed by atoms with Crippen LogP contribution in [0.5, 0.6) is 0 Å². The van der Waals surface area contributed by atoms with E-state index in [1.54, 1.807) is 0 Å². The number of Topliss-reactive ketones (excluding diaryl/α,β-unsaturated/α-hetero) is 1. The molecule has 4 heteroatoms. The van der Waals surface area contributed by atoms with Gasteiger partial charge >= 0.3 is 0 Å². The lowest BCUT2D eigenvalue weighted by molar-refractivity contribution is -0.119. The quantitative estimate of drug-likeness (QED) is 0.458. The number of ketones is 1. The molecule has 4 nitrogen and oxygen atoms in total. The van der Waals surface area contributed by atoms with Crippen LogP contribution in [0.15, 0.2) is 48.5 Å². The Morgan fingerprint density at radius 2 is 1.94 bits per heavy atom. The SMILES string of the molecule is C[C@H](CC(=O)CCCc1nc2ccc(C(C)(C)O)cc2n1C1CCC1)c1ccccc1. The number of aryl methyl sites for hydroxylation is 1. The van der Waals surface area contributed by atoms with Crippen LogP contribution in [-0.4, -0.2) is 20.4 Å². The summed E-state index contributed by atoms with van der Waals surface area (Å²) in [4.78, 5) is 17.5. The molecular weight excluding hydrogens is 384 g/mol. The van der Waals surface area contributed by atoms with Gasteiger partial charge in [0.05, 0.1) is 16.6 Å². The third kappa shape index (κ3) is 4.90. The summed E-state index contributed by atoms with van der Waals surface area (Å²) in [6.07, 6.45) is 6.45. The number of nitrogens with zero attached hydrogens (tertiary/aromatic N) is 2. The number of carbonyl (C=O) groups is 1. The van der Waals surface area contributed by atoms with E-state index in [0.717, 1.165) is 35.3 Å². The standard InChI is InChI=1S/C27H34N2O2/c1-19(20-9-5-4-6-10-20)17-23(30)13-8-14-26-28-24-16-15-21(27(2,3)31)18-25(24)29(26)22-11-7-12-22/h4-6,9-10,15-16,18-19,22,31H,7-8,11-14,17H2,1-3H3/t19-/m1/s1. The molecule has 0 unspecified atom stereocenters. The smallest absolute Gasteiger partial charge is 0.133 e. The Labute approximate surface area is 185 Å². The number of carbonyl (C=O) groups excluding carboxylic acids is 1. The highest BCUT2D eigenvalue weighted by molar-refractivity contribution is 5.79. The lowest BCUT2D eigenvalue weighted by Crippen LogP contribution is -2.20. The molecule has 2 aromatic carbocycles. The van der Waals surface area contributed by atoms with Crippen molar-refractivity contribution in [3.63, 3.8) is 0 Å². The maximum Gasteiger partial charge on any atom is 0.133 e. The van der Waals surface area contributed by atoms with Crippen LogP contribution in [0.1, 0.15) is 88.2 Å². The molecule has 0 bridgehead atoms. The fraction of sp³-hybridized carbons (Fsp3) is 0.481. The van der Waals surface area contributed by atoms with E-state index in [1.165, 1.54) is 24.8 Å². The van der Waals surface area contributed by atoms with E-state index in [9.17, 15) is 9.90 Å². The highest BCUT2D eigenvalue weighted by Crippen LogP contribution is 2.37. The Morgan fingerprint density at radius 3 is 2.58 bits per heavy atom. The van der Waals surface area contributed by atoms with Crippen LogP contribution < -0.4 is 0 Å². The molecule has 1 aromatic heterocycles. The Morgan fingerprint density at radius 1 is 1.19 bits per heavy atom. The predicted molar refractivity (Wildman–Crippen MR) is 125 cm³/mol. The van der Waals surface area contributed by atoms with Gasteiger partial charge < -0.3 is 9.67 Å². The molecule has 31 heavy (non-hydrogen) atoms. The van der Waals surface area contributed by atoms with Crippen LogP contribution in [0.25, 0.3) is 11.0 Å². The molecule has 1 aliphatic rings. The van der Waals surface area contributed by atoms with Gasteiger partial charge in [0.2, 0.25) is 0 Å². The molecule has 4 rings (SSSR count). The molecule has 1 N–H and O–H groups in total. The van der Waals surface area contributed by atoms with Crippen LogP contribution in [0, 0.1) is 0 Å². The van der Waals surface area contributed by atoms with Crippen molar-refractivity contribution in [3.05, 3.63) is 65.5 Å². The van der Waals surface area contributed by atoms with Crippen molar-refractivity contribution in [1.82, 2.24) is 9.55 Å². The molecule has 1 heterocycles. The molecule has 0 amide bonds. The predicted octanol–water partition coefficient (Wildman–Crippen LogP) is 6.07. The molecule has 0 saturated heterocycles. The fourth-order valence-electron chi connectivity index (χ4n) is 4.54. The van der Waals surface area contributed by atoms with E-state index in [1.807, 2.05) is 44.2 Å². The number of hydrogen-bond acceptors (Lipinski definition) is 3. The number of aliphatic hydroxyl groups is 1. The van der Waals surface area contributed by atoms with Gasteiger partial charge in [0.25, 0.3) is 0 Å². The van der Waals surface area contributed by atoms with Gasteiger partial charge in [0, 0.05) is 25.3 Å². The van der Waals surface area contributed by atoms with Gasteiger partial charge in [-0.3, -0.25) is 4.79 Å². The zero-order valence-electron chi connectivity index (χ0n) is 19.0. The number of aromatic nitrogens is 2. The lowest BCUT2D eigenvalue weighted by Gasteiger charge is -2.29. The van der Waals surface area contributed by atoms with Crippen molar-refractivity contribution in [2.24, 2.45) is 0 Å². The average Bonchev–Trinajstić information content (AvgIpc) is 3.04. The minimum absolute atomic E-state index is 0.258. The van der Waals surface area contributed by atoms with Crippen molar-refractivity contribution in [3.8, 4) is 0 Å². The van der Waals surface area contributed by atoms with Gasteiger partial charge in [-0.25, -0.2) is 4.98 Å². The second-order valence-electron chi connectivity index (χ2n) is 9.65. The summed E-state index contributed by atoms with van der Waals surface area (Å²) in [5.74, 6) is 1.66. The van der Waals surface area contributed by atoms with Crippen LogP contribution in [0.4, 0.5) is 0 Å². The normalized spacial score (nSPS) is 15.7. The second kappa shape index (κ2) is 8.96. The maximum absolute atomic E-state index is 12.6. The Kier molecular flexibility index (Phi) is 6.29. The molecular formula is C27H34N2O2. The van der Waals surface area contributed by atoms with Gasteiger partial charge in [-0.05, 0) is 68.7 Å². The van der Waals surface area contributed by atoms with E-state index in [0.29, 0.717) is 24.7 Å². The minimum Gasteiger partial charge on any atom is -0.386 e. The lowest BCUT2D eigenvalue weighted by atomic mass is 9.92. The van der Waals surface area contributed by atoms with Gasteiger partial charge in [0.1, 0.15) is 11.6 Å². The van der Waals surface area contributed by atoms with E-state index < -0.39 is 5.60 Å². The van der Waals surface area contributed by atoms with Crippen molar-refractivity contribution in [1.29, 1.82) is 0 Å². The Bertz CT molecular complexity index is 1040. The molecule has 1 fully saturated rings. The highest BCUT2D eigenvalue weighted by atomic mass is 16.3. The van der Waals surface area contributed by atoms with E-state index in [4.69, 9.17) is 4.98 Å². The summed E-state index contributed by atoms with van der Waals surface area (Å²) in [7, 11) is 0. The molecule has 0 radical (unpaired) electrons. The van der Waals surface area contributed by atoms with Crippen LogP contribution in [-0.2, 0) is 16.8 Å². The average molecular weight is 419 g/mol. The first-order valence-corrected chi connectivity index (χ1v) is 11.6. The van der Waals surface area contributed by atoms with E-state index >= 15 is 0 Å². The first-order chi connectivity index (χ1) is 14.8. The zero-order chi connectivity index (χ0) is 22.0. The third-order valence-electron chi connectivity index (χ3n) is 6.67. The molecule has 1 saturated carbocycles. The molecule has 3 aromatic rings. The second-order valence-corrected chi connectivity index (χ2v) is 9.65. The molecule has 0 spiro atoms. The fourth-order valence-corrected chi connectivity index (χ4v) is 4.54. The van der Waals surface area contributed by atoms with Crippen molar-refractivity contribution in [2.75, 3.05) is 0 Å². The van der Waals surface area contributed by atoms with Gasteiger partial charge in [-0.1, -0.05) is 43.3 Å². The topological polar surface area (TPSA) is 55.1 Å². The monoisotopic (exact) mass is 418 g/mol. The number of rotatable bonds is 9. The maximum atomic E-state index is 12.6. The highest BCUT2D eigenvalue weighted by Gasteiger charge is 2.26. The van der Waals surface area contributed by atoms with Crippen LogP contribution >= 0.6 is 0 Å². The van der Waals surface area contributed by atoms with Crippen LogP contribution in [0.2, 0.25) is 0 Å². The van der Waals surface area contributed by atoms with Gasteiger partial charge in [-0.2, -0.15) is 0 Å². The molecule has 1 atom stereocenters. The Balaban J connectivity index is 1.45. The third-order valence-corrected chi connectivity index (χ3v) is 6.67. The minimum atomic E-state index is -0.870. The van der Waals surface area contributed by atoms with Gasteiger partial charge in [-0.15, -0.1) is 0 Å². The van der Waals surface area contributed by atoms with Crippen molar-refractivity contribution in [2.45, 2.75) is 83.3 Å². The summed E-state index contributed by atoms with van der Waals surface area (Å²) in [6, 6.07) is 16.8. The summed E-state index contributed by atoms with van der Waals surface area (Å²) in [6.45, 7) is 5.77. The number of hydrogen-bond donors (Lipinski definition) is 1. The largest absolute Gasteiger partial charge is 0.386 e. The first kappa shape index (κ1) is 21.8. The summed E-state index contributed by atoms with van der Waals surface area (Å²) < 4.78 is 2.38. The first-order valence-electron chi connectivity index (χ1n) is 11.6. The summed E-state index contributed by atoms with van der Waals surface area (Å²) in [5, 5.41) is 10.4. The van der Waals surface area contributed by atoms with Gasteiger partial charge in [0.15, 0.2) is 0 Å². The van der Waals surface area contributed by atoms with E-state index in [2.05, 4.69) is 29.7 Å². The molecule has 1 aliphatic carbocycles. The van der Waals surface area contributed by atoms with Crippen molar-refractivity contribution >= 4 is 16.8 Å². The molecule has 0 aliphatic heterocycles. The number of imidazole rings is 1. The number of benzene rings is 2. The summed E-state index contributed by atoms with van der Waals surface area (Å²) >= 11 is 0. The zero-order valence-corrected chi connectivity index (χ0v) is 19.0.